The van der Waals surface area contributed by atoms with E-state index < -0.39 is 28.3 Å². The zero-order valence-electron chi connectivity index (χ0n) is 21.3. The highest BCUT2D eigenvalue weighted by atomic mass is 32.2. The predicted octanol–water partition coefficient (Wildman–Crippen LogP) is 3.69. The molecule has 0 amide bonds. The summed E-state index contributed by atoms with van der Waals surface area (Å²) >= 11 is 0. The van der Waals surface area contributed by atoms with E-state index in [9.17, 15) is 18.3 Å². The molecule has 1 fully saturated rings. The minimum atomic E-state index is -3.38. The number of rotatable bonds is 11. The Morgan fingerprint density at radius 1 is 1.08 bits per heavy atom. The molecule has 202 valence electrons. The Kier molecular flexibility index (Phi) is 8.46. The lowest BCUT2D eigenvalue weighted by Gasteiger charge is -2.30. The second kappa shape index (κ2) is 11.6. The van der Waals surface area contributed by atoms with Crippen molar-refractivity contribution in [3.05, 3.63) is 53.6 Å². The quantitative estimate of drug-likeness (QED) is 0.431. The number of benzene rings is 2. The first-order valence-corrected chi connectivity index (χ1v) is 14.0. The summed E-state index contributed by atoms with van der Waals surface area (Å²) in [6.07, 6.45) is -1.39. The second-order valence-corrected chi connectivity index (χ2v) is 11.3. The Morgan fingerprint density at radius 2 is 1.78 bits per heavy atom. The lowest BCUT2D eigenvalue weighted by molar-refractivity contribution is 0.0283. The van der Waals surface area contributed by atoms with Gasteiger partial charge in [0.1, 0.15) is 11.9 Å². The van der Waals surface area contributed by atoms with Gasteiger partial charge in [0, 0.05) is 32.1 Å². The van der Waals surface area contributed by atoms with Crippen LogP contribution in [0.4, 0.5) is 4.79 Å². The summed E-state index contributed by atoms with van der Waals surface area (Å²) in [6, 6.07) is 12.6. The molecular weight excluding hydrogens is 500 g/mol. The van der Waals surface area contributed by atoms with Crippen LogP contribution in [-0.4, -0.2) is 80.8 Å². The summed E-state index contributed by atoms with van der Waals surface area (Å²) in [5.74, 6) is 1.65. The number of carboxylic acid groups (broad SMARTS) is 1. The molecule has 0 aliphatic carbocycles. The SMILES string of the molecule is CCCN(CCN1C[C@H](c2ccc3c(c2)OCO3)[C@H](OC(=O)O)[C@H]1c1ccc(OC)cc1)S(=O)(=O)CC. The molecule has 0 aromatic heterocycles. The van der Waals surface area contributed by atoms with Crippen LogP contribution < -0.4 is 14.2 Å². The first-order chi connectivity index (χ1) is 17.8. The van der Waals surface area contributed by atoms with Crippen molar-refractivity contribution < 1.29 is 37.3 Å². The Hall–Kier alpha value is -3.02. The van der Waals surface area contributed by atoms with Crippen LogP contribution in [0.5, 0.6) is 17.2 Å². The van der Waals surface area contributed by atoms with Crippen molar-refractivity contribution in [1.82, 2.24) is 9.21 Å². The van der Waals surface area contributed by atoms with Gasteiger partial charge in [-0.15, -0.1) is 0 Å². The maximum absolute atomic E-state index is 12.7. The zero-order chi connectivity index (χ0) is 26.6. The van der Waals surface area contributed by atoms with Crippen molar-refractivity contribution in [3.8, 4) is 17.2 Å². The molecule has 37 heavy (non-hydrogen) atoms. The molecular formula is C26H34N2O8S. The summed E-state index contributed by atoms with van der Waals surface area (Å²) in [5.41, 5.74) is 1.72. The molecule has 2 aromatic carbocycles. The van der Waals surface area contributed by atoms with Gasteiger partial charge in [-0.1, -0.05) is 25.1 Å². The van der Waals surface area contributed by atoms with Crippen LogP contribution in [0, 0.1) is 0 Å². The lowest BCUT2D eigenvalue weighted by atomic mass is 9.90. The van der Waals surface area contributed by atoms with E-state index >= 15 is 0 Å². The molecule has 3 atom stereocenters. The smallest absolute Gasteiger partial charge is 0.497 e. The van der Waals surface area contributed by atoms with Gasteiger partial charge in [0.2, 0.25) is 16.8 Å². The van der Waals surface area contributed by atoms with Crippen LogP contribution >= 0.6 is 0 Å². The zero-order valence-corrected chi connectivity index (χ0v) is 22.1. The highest BCUT2D eigenvalue weighted by molar-refractivity contribution is 7.89. The van der Waals surface area contributed by atoms with Gasteiger partial charge in [-0.2, -0.15) is 0 Å². The number of fused-ring (bicyclic) bond motifs is 1. The molecule has 1 N–H and O–H groups in total. The average molecular weight is 535 g/mol. The number of nitrogens with zero attached hydrogens (tertiary/aromatic N) is 2. The normalized spacial score (nSPS) is 21.4. The van der Waals surface area contributed by atoms with E-state index in [1.807, 2.05) is 49.4 Å². The Bertz CT molecular complexity index is 1190. The van der Waals surface area contributed by atoms with E-state index in [4.69, 9.17) is 18.9 Å². The molecule has 10 nitrogen and oxygen atoms in total. The summed E-state index contributed by atoms with van der Waals surface area (Å²) in [6.45, 7) is 5.33. The molecule has 2 heterocycles. The summed E-state index contributed by atoms with van der Waals surface area (Å²) in [5, 5.41) is 9.66. The van der Waals surface area contributed by atoms with Gasteiger partial charge in [0.05, 0.1) is 18.9 Å². The molecule has 0 bridgehead atoms. The van der Waals surface area contributed by atoms with Crippen molar-refractivity contribution in [2.75, 3.05) is 45.8 Å². The molecule has 1 saturated heterocycles. The number of sulfonamides is 1. The fraction of sp³-hybridized carbons (Fsp3) is 0.500. The third kappa shape index (κ3) is 5.94. The molecule has 11 heteroatoms. The molecule has 0 unspecified atom stereocenters. The first-order valence-electron chi connectivity index (χ1n) is 12.4. The summed E-state index contributed by atoms with van der Waals surface area (Å²) in [4.78, 5) is 13.9. The maximum atomic E-state index is 12.7. The number of likely N-dealkylation sites (tertiary alicyclic amines) is 1. The summed E-state index contributed by atoms with van der Waals surface area (Å²) in [7, 11) is -1.79. The number of carbonyl (C=O) groups is 1. The van der Waals surface area contributed by atoms with E-state index in [-0.39, 0.29) is 18.5 Å². The maximum Gasteiger partial charge on any atom is 0.506 e. The van der Waals surface area contributed by atoms with Gasteiger partial charge in [-0.05, 0) is 48.7 Å². The van der Waals surface area contributed by atoms with E-state index in [0.717, 1.165) is 11.1 Å². The number of ether oxygens (including phenoxy) is 4. The van der Waals surface area contributed by atoms with Crippen LogP contribution in [0.15, 0.2) is 42.5 Å². The van der Waals surface area contributed by atoms with Gasteiger partial charge < -0.3 is 24.1 Å². The second-order valence-electron chi connectivity index (χ2n) is 9.08. The Balaban J connectivity index is 1.70. The van der Waals surface area contributed by atoms with E-state index in [1.54, 1.807) is 14.0 Å². The van der Waals surface area contributed by atoms with Crippen LogP contribution in [0.3, 0.4) is 0 Å². The molecule has 2 aliphatic heterocycles. The minimum Gasteiger partial charge on any atom is -0.497 e. The van der Waals surface area contributed by atoms with Crippen molar-refractivity contribution in [2.45, 2.75) is 38.3 Å². The molecule has 0 spiro atoms. The van der Waals surface area contributed by atoms with Crippen molar-refractivity contribution >= 4 is 16.2 Å². The number of hydrogen-bond acceptors (Lipinski definition) is 8. The van der Waals surface area contributed by atoms with E-state index in [1.165, 1.54) is 4.31 Å². The largest absolute Gasteiger partial charge is 0.506 e. The predicted molar refractivity (Wildman–Crippen MR) is 137 cm³/mol. The Labute approximate surface area is 217 Å². The number of methoxy groups -OCH3 is 1. The molecule has 2 aromatic rings. The Morgan fingerprint density at radius 3 is 2.43 bits per heavy atom. The van der Waals surface area contributed by atoms with E-state index in [0.29, 0.717) is 49.8 Å². The summed E-state index contributed by atoms with van der Waals surface area (Å²) < 4.78 is 48.7. The fourth-order valence-electron chi connectivity index (χ4n) is 5.09. The van der Waals surface area contributed by atoms with Crippen LogP contribution in [0.1, 0.15) is 43.4 Å². The number of hydrogen-bond donors (Lipinski definition) is 1. The molecule has 0 radical (unpaired) electrons. The van der Waals surface area contributed by atoms with Gasteiger partial charge in [-0.25, -0.2) is 17.5 Å². The van der Waals surface area contributed by atoms with Crippen molar-refractivity contribution in [1.29, 1.82) is 0 Å². The highest BCUT2D eigenvalue weighted by Gasteiger charge is 2.46. The van der Waals surface area contributed by atoms with Crippen molar-refractivity contribution in [3.63, 3.8) is 0 Å². The molecule has 4 rings (SSSR count). The topological polar surface area (TPSA) is 115 Å². The minimum absolute atomic E-state index is 0.0273. The van der Waals surface area contributed by atoms with E-state index in [2.05, 4.69) is 4.90 Å². The van der Waals surface area contributed by atoms with Gasteiger partial charge >= 0.3 is 6.16 Å². The van der Waals surface area contributed by atoms with Gasteiger partial charge in [-0.3, -0.25) is 4.90 Å². The van der Waals surface area contributed by atoms with Gasteiger partial charge in [0.15, 0.2) is 11.5 Å². The van der Waals surface area contributed by atoms with Crippen LogP contribution in [0.25, 0.3) is 0 Å². The fourth-order valence-corrected chi connectivity index (χ4v) is 6.28. The molecule has 2 aliphatic rings. The first kappa shape index (κ1) is 27.0. The van der Waals surface area contributed by atoms with Crippen LogP contribution in [-0.2, 0) is 14.8 Å². The third-order valence-corrected chi connectivity index (χ3v) is 8.80. The standard InChI is InChI=1S/C26H34N2O8S/c1-4-12-28(37(31,32)5-2)14-13-27-16-21(19-8-11-22-23(15-19)35-17-34-22)25(36-26(29)30)24(27)18-6-9-20(33-3)10-7-18/h6-11,15,21,24-25H,4-5,12-14,16-17H2,1-3H3,(H,29,30)/t21-,24-,25+/m1/s1. The third-order valence-electron chi connectivity index (χ3n) is 6.92. The molecule has 0 saturated carbocycles. The van der Waals surface area contributed by atoms with Gasteiger partial charge in [0.25, 0.3) is 0 Å². The average Bonchev–Trinajstić information content (AvgIpc) is 3.50. The highest BCUT2D eigenvalue weighted by Crippen LogP contribution is 2.45. The monoisotopic (exact) mass is 534 g/mol. The lowest BCUT2D eigenvalue weighted by Crippen LogP contribution is -2.40. The van der Waals surface area contributed by atoms with Crippen LogP contribution in [0.2, 0.25) is 0 Å². The van der Waals surface area contributed by atoms with Crippen molar-refractivity contribution in [2.24, 2.45) is 0 Å².